The standard InChI is InChI=1S/C29H28ClN5O2/c1-18(2)37-27-14-25-22(12-24(27)30)11-23(29(36)34-25)19(3)33-28-13-21(9-10-32-28)26-15-31-17-35(26)16-20-7-5-4-6-8-20/h4-15,17-19H,16H2,1-3H3,(H,32,33)(H,34,36)/t19-/m0/s1. The second-order valence-electron chi connectivity index (χ2n) is 9.28. The van der Waals surface area contributed by atoms with Crippen molar-refractivity contribution >= 4 is 28.3 Å². The third kappa shape index (κ3) is 5.52. The highest BCUT2D eigenvalue weighted by molar-refractivity contribution is 6.32. The van der Waals surface area contributed by atoms with Gasteiger partial charge in [-0.25, -0.2) is 9.97 Å². The molecule has 0 aliphatic heterocycles. The number of hydrogen-bond acceptors (Lipinski definition) is 5. The molecule has 0 spiro atoms. The van der Waals surface area contributed by atoms with Crippen molar-refractivity contribution in [2.45, 2.75) is 39.5 Å². The Morgan fingerprint density at radius 1 is 1.08 bits per heavy atom. The van der Waals surface area contributed by atoms with Crippen LogP contribution in [-0.4, -0.2) is 25.6 Å². The average Bonchev–Trinajstić information content (AvgIpc) is 3.33. The van der Waals surface area contributed by atoms with Crippen LogP contribution in [0.15, 0.2) is 84.2 Å². The molecular formula is C29H28ClN5O2. The molecule has 0 radical (unpaired) electrons. The van der Waals surface area contributed by atoms with E-state index in [2.05, 4.69) is 37.0 Å². The summed E-state index contributed by atoms with van der Waals surface area (Å²) in [6.45, 7) is 6.51. The van der Waals surface area contributed by atoms with Gasteiger partial charge >= 0.3 is 0 Å². The van der Waals surface area contributed by atoms with Crippen molar-refractivity contribution in [2.24, 2.45) is 0 Å². The van der Waals surface area contributed by atoms with E-state index in [1.165, 1.54) is 5.56 Å². The zero-order valence-corrected chi connectivity index (χ0v) is 21.7. The molecule has 8 heteroatoms. The summed E-state index contributed by atoms with van der Waals surface area (Å²) >= 11 is 6.43. The lowest BCUT2D eigenvalue weighted by atomic mass is 10.1. The minimum absolute atomic E-state index is 0.0228. The number of nitrogens with one attached hydrogen (secondary N) is 2. The third-order valence-corrected chi connectivity index (χ3v) is 6.38. The van der Waals surface area contributed by atoms with Gasteiger partial charge in [0.15, 0.2) is 0 Å². The molecule has 188 valence electrons. The zero-order chi connectivity index (χ0) is 25.9. The Morgan fingerprint density at radius 3 is 2.68 bits per heavy atom. The average molecular weight is 514 g/mol. The first kappa shape index (κ1) is 24.6. The van der Waals surface area contributed by atoms with Crippen LogP contribution in [0, 0.1) is 0 Å². The maximum Gasteiger partial charge on any atom is 0.253 e. The molecule has 0 aliphatic rings. The van der Waals surface area contributed by atoms with E-state index in [1.807, 2.05) is 75.8 Å². The third-order valence-electron chi connectivity index (χ3n) is 6.08. The van der Waals surface area contributed by atoms with Crippen molar-refractivity contribution in [2.75, 3.05) is 5.32 Å². The number of anilines is 1. The lowest BCUT2D eigenvalue weighted by Gasteiger charge is -2.17. The summed E-state index contributed by atoms with van der Waals surface area (Å²) in [4.78, 5) is 24.8. The number of fused-ring (bicyclic) bond motifs is 1. The number of ether oxygens (including phenoxy) is 1. The Labute approximate surface area is 220 Å². The number of rotatable bonds is 8. The molecule has 0 saturated heterocycles. The Morgan fingerprint density at radius 2 is 1.89 bits per heavy atom. The summed E-state index contributed by atoms with van der Waals surface area (Å²) in [7, 11) is 0. The van der Waals surface area contributed by atoms with Crippen LogP contribution in [0.4, 0.5) is 5.82 Å². The van der Waals surface area contributed by atoms with Crippen molar-refractivity contribution in [3.05, 3.63) is 106 Å². The first-order valence-electron chi connectivity index (χ1n) is 12.2. The summed E-state index contributed by atoms with van der Waals surface area (Å²) in [6, 6.07) is 19.3. The smallest absolute Gasteiger partial charge is 0.253 e. The second kappa shape index (κ2) is 10.5. The molecule has 37 heavy (non-hydrogen) atoms. The molecule has 3 heterocycles. The highest BCUT2D eigenvalue weighted by atomic mass is 35.5. The van der Waals surface area contributed by atoms with E-state index in [1.54, 1.807) is 12.3 Å². The molecule has 3 aromatic heterocycles. The number of H-pyrrole nitrogens is 1. The Hall–Kier alpha value is -4.10. The molecule has 7 nitrogen and oxygen atoms in total. The fourth-order valence-electron chi connectivity index (χ4n) is 4.33. The quantitative estimate of drug-likeness (QED) is 0.249. The van der Waals surface area contributed by atoms with Crippen molar-refractivity contribution in [3.8, 4) is 17.0 Å². The van der Waals surface area contributed by atoms with E-state index in [0.29, 0.717) is 27.7 Å². The first-order chi connectivity index (χ1) is 17.9. The van der Waals surface area contributed by atoms with E-state index in [9.17, 15) is 4.79 Å². The number of hydrogen-bond donors (Lipinski definition) is 2. The minimum Gasteiger partial charge on any atom is -0.489 e. The van der Waals surface area contributed by atoms with E-state index >= 15 is 0 Å². The van der Waals surface area contributed by atoms with Crippen LogP contribution < -0.4 is 15.6 Å². The summed E-state index contributed by atoms with van der Waals surface area (Å²) in [5.74, 6) is 1.21. The second-order valence-corrected chi connectivity index (χ2v) is 9.69. The molecule has 0 amide bonds. The number of imidazole rings is 1. The van der Waals surface area contributed by atoms with E-state index in [4.69, 9.17) is 16.3 Å². The summed E-state index contributed by atoms with van der Waals surface area (Å²) in [6.07, 6.45) is 5.41. The molecule has 0 aliphatic carbocycles. The number of benzene rings is 2. The highest BCUT2D eigenvalue weighted by Gasteiger charge is 2.15. The number of nitrogens with zero attached hydrogens (tertiary/aromatic N) is 3. The van der Waals surface area contributed by atoms with E-state index in [-0.39, 0.29) is 17.7 Å². The van der Waals surface area contributed by atoms with Gasteiger partial charge in [-0.05, 0) is 50.6 Å². The van der Waals surface area contributed by atoms with Gasteiger partial charge in [0.05, 0.1) is 40.9 Å². The molecule has 0 unspecified atom stereocenters. The van der Waals surface area contributed by atoms with Gasteiger partial charge in [-0.1, -0.05) is 41.9 Å². The van der Waals surface area contributed by atoms with Crippen molar-refractivity contribution in [1.82, 2.24) is 19.5 Å². The van der Waals surface area contributed by atoms with Gasteiger partial charge < -0.3 is 19.6 Å². The molecular weight excluding hydrogens is 486 g/mol. The fraction of sp³-hybridized carbons (Fsp3) is 0.207. The predicted octanol–water partition coefficient (Wildman–Crippen LogP) is 6.45. The lowest BCUT2D eigenvalue weighted by Crippen LogP contribution is -2.20. The van der Waals surface area contributed by atoms with Crippen molar-refractivity contribution < 1.29 is 4.74 Å². The Bertz CT molecular complexity index is 1590. The molecule has 0 bridgehead atoms. The van der Waals surface area contributed by atoms with Gasteiger partial charge in [0.1, 0.15) is 11.6 Å². The summed E-state index contributed by atoms with van der Waals surface area (Å²) in [5.41, 5.74) is 4.24. The van der Waals surface area contributed by atoms with E-state index < -0.39 is 0 Å². The monoisotopic (exact) mass is 513 g/mol. The molecule has 2 aromatic carbocycles. The number of pyridine rings is 2. The summed E-state index contributed by atoms with van der Waals surface area (Å²) < 4.78 is 7.86. The molecule has 0 fully saturated rings. The number of aromatic nitrogens is 4. The maximum atomic E-state index is 13.0. The van der Waals surface area contributed by atoms with E-state index in [0.717, 1.165) is 23.2 Å². The molecule has 5 rings (SSSR count). The maximum absolute atomic E-state index is 13.0. The van der Waals surface area contributed by atoms with Gasteiger partial charge in [-0.2, -0.15) is 0 Å². The first-order valence-corrected chi connectivity index (χ1v) is 12.6. The number of aromatic amines is 1. The predicted molar refractivity (Wildman–Crippen MR) is 148 cm³/mol. The van der Waals surface area contributed by atoms with Crippen LogP contribution in [0.25, 0.3) is 22.2 Å². The van der Waals surface area contributed by atoms with Gasteiger partial charge in [0, 0.05) is 35.3 Å². The number of halogens is 1. The summed E-state index contributed by atoms with van der Waals surface area (Å²) in [5, 5.41) is 4.70. The normalized spacial score (nSPS) is 12.1. The molecule has 2 N–H and O–H groups in total. The van der Waals surface area contributed by atoms with Crippen LogP contribution in [0.1, 0.15) is 37.9 Å². The van der Waals surface area contributed by atoms with Gasteiger partial charge in [-0.3, -0.25) is 4.79 Å². The Balaban J connectivity index is 1.39. The van der Waals surface area contributed by atoms with Crippen molar-refractivity contribution in [3.63, 3.8) is 0 Å². The van der Waals surface area contributed by atoms with Crippen molar-refractivity contribution in [1.29, 1.82) is 0 Å². The fourth-order valence-corrected chi connectivity index (χ4v) is 4.54. The highest BCUT2D eigenvalue weighted by Crippen LogP contribution is 2.31. The molecule has 1 atom stereocenters. The van der Waals surface area contributed by atoms with Gasteiger partial charge in [0.25, 0.3) is 5.56 Å². The SMILES string of the molecule is CC(C)Oc1cc2[nH]c(=O)c([C@H](C)Nc3cc(-c4cncn4Cc4ccccc4)ccn3)cc2cc1Cl. The minimum atomic E-state index is -0.296. The van der Waals surface area contributed by atoms with Crippen LogP contribution in [0.2, 0.25) is 5.02 Å². The van der Waals surface area contributed by atoms with Gasteiger partial charge in [0.2, 0.25) is 0 Å². The van der Waals surface area contributed by atoms with Gasteiger partial charge in [-0.15, -0.1) is 0 Å². The largest absolute Gasteiger partial charge is 0.489 e. The van der Waals surface area contributed by atoms with Crippen LogP contribution in [0.5, 0.6) is 5.75 Å². The lowest BCUT2D eigenvalue weighted by molar-refractivity contribution is 0.243. The Kier molecular flexibility index (Phi) is 6.97. The zero-order valence-electron chi connectivity index (χ0n) is 20.9. The van der Waals surface area contributed by atoms with Crippen LogP contribution in [-0.2, 0) is 6.54 Å². The molecule has 0 saturated carbocycles. The molecule has 5 aromatic rings. The topological polar surface area (TPSA) is 84.8 Å². The van der Waals surface area contributed by atoms with Crippen LogP contribution >= 0.6 is 11.6 Å². The van der Waals surface area contributed by atoms with Crippen LogP contribution in [0.3, 0.4) is 0 Å².